The number of para-hydroxylation sites is 1. The van der Waals surface area contributed by atoms with E-state index in [-0.39, 0.29) is 27.5 Å². The second kappa shape index (κ2) is 9.56. The lowest BCUT2D eigenvalue weighted by Gasteiger charge is -2.13. The first-order valence-corrected chi connectivity index (χ1v) is 10.6. The number of nitrogens with one attached hydrogen (secondary N) is 1. The third-order valence-corrected chi connectivity index (χ3v) is 5.69. The number of ketones is 1. The van der Waals surface area contributed by atoms with Crippen LogP contribution in [0.15, 0.2) is 71.6 Å². The van der Waals surface area contributed by atoms with E-state index in [1.807, 2.05) is 0 Å². The summed E-state index contributed by atoms with van der Waals surface area (Å²) in [5, 5.41) is 0. The summed E-state index contributed by atoms with van der Waals surface area (Å²) in [6.45, 7) is -0.725. The number of Topliss-reactive ketones (excluding diaryl/α,β-unsaturated/α-hetero) is 1. The average molecular weight is 461 g/mol. The summed E-state index contributed by atoms with van der Waals surface area (Å²) < 4.78 is 63.9. The number of methoxy groups -OCH3 is 1. The number of ether oxygens (including phenoxy) is 2. The van der Waals surface area contributed by atoms with E-state index in [1.165, 1.54) is 37.4 Å². The van der Waals surface area contributed by atoms with Crippen LogP contribution < -0.4 is 9.46 Å². The van der Waals surface area contributed by atoms with Crippen LogP contribution in [0.1, 0.15) is 20.7 Å². The first-order chi connectivity index (χ1) is 15.2. The van der Waals surface area contributed by atoms with Crippen LogP contribution in [0.25, 0.3) is 0 Å². The summed E-state index contributed by atoms with van der Waals surface area (Å²) in [5.74, 6) is -2.85. The van der Waals surface area contributed by atoms with Crippen LogP contribution in [0.4, 0.5) is 14.5 Å². The molecule has 0 bridgehead atoms. The van der Waals surface area contributed by atoms with E-state index in [0.717, 1.165) is 36.4 Å². The molecular formula is C22H17F2NO6S. The number of carbonyl (C=O) groups is 2. The fraction of sp³-hybridized carbons (Fsp3) is 0.0909. The number of halogens is 2. The molecule has 0 aliphatic carbocycles. The number of hydrogen-bond acceptors (Lipinski definition) is 6. The summed E-state index contributed by atoms with van der Waals surface area (Å²) in [5.41, 5.74) is -0.361. The summed E-state index contributed by atoms with van der Waals surface area (Å²) in [4.78, 5) is 24.7. The minimum Gasteiger partial charge on any atom is -0.496 e. The van der Waals surface area contributed by atoms with Gasteiger partial charge in [0.2, 0.25) is 5.78 Å². The molecule has 3 aromatic rings. The molecule has 32 heavy (non-hydrogen) atoms. The molecule has 7 nitrogen and oxygen atoms in total. The maximum absolute atomic E-state index is 13.5. The van der Waals surface area contributed by atoms with Gasteiger partial charge in [-0.3, -0.25) is 9.52 Å². The topological polar surface area (TPSA) is 98.8 Å². The van der Waals surface area contributed by atoms with E-state index < -0.39 is 40.0 Å². The Morgan fingerprint density at radius 2 is 1.56 bits per heavy atom. The normalized spacial score (nSPS) is 11.0. The molecule has 0 aliphatic heterocycles. The highest BCUT2D eigenvalue weighted by atomic mass is 32.2. The van der Waals surface area contributed by atoms with E-state index in [9.17, 15) is 26.8 Å². The lowest BCUT2D eigenvalue weighted by Crippen LogP contribution is -2.19. The maximum Gasteiger partial charge on any atom is 0.340 e. The van der Waals surface area contributed by atoms with Crippen LogP contribution in [0.3, 0.4) is 0 Å². The number of benzene rings is 3. The summed E-state index contributed by atoms with van der Waals surface area (Å²) in [7, 11) is -2.82. The van der Waals surface area contributed by atoms with Crippen molar-refractivity contribution in [1.82, 2.24) is 0 Å². The number of esters is 1. The third-order valence-electron chi connectivity index (χ3n) is 4.31. The molecule has 3 rings (SSSR count). The number of anilines is 1. The number of hydrogen-bond donors (Lipinski definition) is 1. The maximum atomic E-state index is 13.5. The highest BCUT2D eigenvalue weighted by Gasteiger charge is 2.21. The Hall–Kier alpha value is -3.79. The van der Waals surface area contributed by atoms with Crippen LogP contribution >= 0.6 is 0 Å². The average Bonchev–Trinajstić information content (AvgIpc) is 2.77. The standard InChI is InChI=1S/C22H17F2NO6S/c1-30-21-11-8-15(24)12-18(21)20(26)13-31-22(27)17-4-2-3-5-19(17)25-32(28,29)16-9-6-14(23)7-10-16/h2-12,25H,13H2,1H3. The second-order valence-electron chi connectivity index (χ2n) is 6.45. The minimum atomic E-state index is -4.12. The fourth-order valence-corrected chi connectivity index (χ4v) is 3.83. The van der Waals surface area contributed by atoms with Crippen molar-refractivity contribution in [2.75, 3.05) is 18.4 Å². The molecule has 1 N–H and O–H groups in total. The zero-order valence-electron chi connectivity index (χ0n) is 16.7. The lowest BCUT2D eigenvalue weighted by molar-refractivity contribution is 0.0475. The first kappa shape index (κ1) is 22.9. The van der Waals surface area contributed by atoms with Gasteiger partial charge in [-0.15, -0.1) is 0 Å². The van der Waals surface area contributed by atoms with Crippen LogP contribution in [0.5, 0.6) is 5.75 Å². The Morgan fingerprint density at radius 3 is 2.25 bits per heavy atom. The molecule has 0 fully saturated rings. The van der Waals surface area contributed by atoms with Gasteiger partial charge in [-0.25, -0.2) is 22.0 Å². The predicted molar refractivity (Wildman–Crippen MR) is 111 cm³/mol. The quantitative estimate of drug-likeness (QED) is 0.405. The molecule has 0 unspecified atom stereocenters. The number of rotatable bonds is 8. The van der Waals surface area contributed by atoms with Gasteiger partial charge in [-0.05, 0) is 54.6 Å². The zero-order valence-corrected chi connectivity index (χ0v) is 17.5. The Balaban J connectivity index is 1.77. The molecular weight excluding hydrogens is 444 g/mol. The zero-order chi connectivity index (χ0) is 23.3. The smallest absolute Gasteiger partial charge is 0.340 e. The predicted octanol–water partition coefficient (Wildman–Crippen LogP) is 3.81. The van der Waals surface area contributed by atoms with Gasteiger partial charge in [0.25, 0.3) is 10.0 Å². The third kappa shape index (κ3) is 5.27. The molecule has 0 saturated heterocycles. The van der Waals surface area contributed by atoms with Gasteiger partial charge >= 0.3 is 5.97 Å². The molecule has 0 heterocycles. The Labute approximate surface area is 182 Å². The van der Waals surface area contributed by atoms with Crippen molar-refractivity contribution in [1.29, 1.82) is 0 Å². The number of carbonyl (C=O) groups excluding carboxylic acids is 2. The van der Waals surface area contributed by atoms with E-state index in [2.05, 4.69) is 4.72 Å². The van der Waals surface area contributed by atoms with E-state index in [4.69, 9.17) is 9.47 Å². The van der Waals surface area contributed by atoms with Crippen LogP contribution in [-0.4, -0.2) is 33.9 Å². The highest BCUT2D eigenvalue weighted by molar-refractivity contribution is 7.92. The van der Waals surface area contributed by atoms with Crippen molar-refractivity contribution in [3.8, 4) is 5.75 Å². The molecule has 0 amide bonds. The van der Waals surface area contributed by atoms with Gasteiger partial charge in [-0.2, -0.15) is 0 Å². The molecule has 0 aliphatic rings. The number of sulfonamides is 1. The van der Waals surface area contributed by atoms with Gasteiger partial charge < -0.3 is 9.47 Å². The van der Waals surface area contributed by atoms with Crippen molar-refractivity contribution >= 4 is 27.5 Å². The van der Waals surface area contributed by atoms with Crippen molar-refractivity contribution in [3.63, 3.8) is 0 Å². The Kier molecular flexibility index (Phi) is 6.84. The summed E-state index contributed by atoms with van der Waals surface area (Å²) in [6, 6.07) is 13.1. The van der Waals surface area contributed by atoms with Crippen molar-refractivity contribution < 1.29 is 36.3 Å². The summed E-state index contributed by atoms with van der Waals surface area (Å²) >= 11 is 0. The minimum absolute atomic E-state index is 0.0994. The van der Waals surface area contributed by atoms with Crippen molar-refractivity contribution in [2.45, 2.75) is 4.90 Å². The molecule has 10 heteroatoms. The molecule has 166 valence electrons. The Bertz CT molecular complexity index is 1260. The molecule has 0 spiro atoms. The van der Waals surface area contributed by atoms with E-state index >= 15 is 0 Å². The molecule has 0 radical (unpaired) electrons. The van der Waals surface area contributed by atoms with E-state index in [0.29, 0.717) is 0 Å². The molecule has 0 atom stereocenters. The fourth-order valence-electron chi connectivity index (χ4n) is 2.75. The van der Waals surface area contributed by atoms with Crippen LogP contribution in [0, 0.1) is 11.6 Å². The van der Waals surface area contributed by atoms with Crippen LogP contribution in [0.2, 0.25) is 0 Å². The molecule has 3 aromatic carbocycles. The van der Waals surface area contributed by atoms with Crippen molar-refractivity contribution in [2.24, 2.45) is 0 Å². The first-order valence-electron chi connectivity index (χ1n) is 9.12. The largest absolute Gasteiger partial charge is 0.496 e. The molecule has 0 saturated carbocycles. The van der Waals surface area contributed by atoms with Gasteiger partial charge in [0.05, 0.1) is 28.8 Å². The van der Waals surface area contributed by atoms with Crippen LogP contribution in [-0.2, 0) is 14.8 Å². The van der Waals surface area contributed by atoms with Gasteiger partial charge in [0.15, 0.2) is 6.61 Å². The summed E-state index contributed by atoms with van der Waals surface area (Å²) in [6.07, 6.45) is 0. The van der Waals surface area contributed by atoms with E-state index in [1.54, 1.807) is 0 Å². The van der Waals surface area contributed by atoms with Gasteiger partial charge in [0.1, 0.15) is 17.4 Å². The SMILES string of the molecule is COc1ccc(F)cc1C(=O)COC(=O)c1ccccc1NS(=O)(=O)c1ccc(F)cc1. The van der Waals surface area contributed by atoms with Gasteiger partial charge in [0, 0.05) is 0 Å². The van der Waals surface area contributed by atoms with Gasteiger partial charge in [-0.1, -0.05) is 12.1 Å². The second-order valence-corrected chi connectivity index (χ2v) is 8.13. The highest BCUT2D eigenvalue weighted by Crippen LogP contribution is 2.23. The lowest BCUT2D eigenvalue weighted by atomic mass is 10.1. The monoisotopic (exact) mass is 461 g/mol. The Morgan fingerprint density at radius 1 is 0.906 bits per heavy atom. The van der Waals surface area contributed by atoms with Crippen molar-refractivity contribution in [3.05, 3.63) is 89.5 Å². The molecule has 0 aromatic heterocycles.